The normalized spacial score (nSPS) is 18.6. The fraction of sp³-hybridized carbons (Fsp3) is 0.138. The minimum atomic E-state index is 0.133. The number of thiophene rings is 1. The smallest absolute Gasteiger partial charge is 0.160 e. The van der Waals surface area contributed by atoms with Gasteiger partial charge in [0.2, 0.25) is 0 Å². The third-order valence-electron chi connectivity index (χ3n) is 12.8. The van der Waals surface area contributed by atoms with E-state index in [1.165, 1.54) is 76.4 Å². The van der Waals surface area contributed by atoms with Gasteiger partial charge in [-0.1, -0.05) is 194 Å². The van der Waals surface area contributed by atoms with Gasteiger partial charge in [0.25, 0.3) is 0 Å². The molecule has 0 amide bonds. The van der Waals surface area contributed by atoms with E-state index in [9.17, 15) is 0 Å². The number of allylic oxidation sites excluding steroid dienone is 13. The van der Waals surface area contributed by atoms with Gasteiger partial charge in [-0.3, -0.25) is 0 Å². The molecule has 2 heterocycles. The quantitative estimate of drug-likeness (QED) is 0.153. The Morgan fingerprint density at radius 2 is 1.25 bits per heavy atom. The summed E-state index contributed by atoms with van der Waals surface area (Å²) in [5.41, 5.74) is 19.2. The van der Waals surface area contributed by atoms with Gasteiger partial charge in [0, 0.05) is 27.8 Å². The number of aromatic nitrogens is 2. The molecule has 0 spiro atoms. The lowest BCUT2D eigenvalue weighted by atomic mass is 9.68. The highest BCUT2D eigenvalue weighted by atomic mass is 32.1. The summed E-state index contributed by atoms with van der Waals surface area (Å²) in [5.74, 6) is 1.08. The van der Waals surface area contributed by atoms with E-state index in [0.29, 0.717) is 0 Å². The highest BCUT2D eigenvalue weighted by Gasteiger charge is 2.34. The second-order valence-corrected chi connectivity index (χ2v) is 17.6. The highest BCUT2D eigenvalue weighted by molar-refractivity contribution is 7.19. The fourth-order valence-electron chi connectivity index (χ4n) is 9.89. The van der Waals surface area contributed by atoms with Crippen molar-refractivity contribution in [3.63, 3.8) is 0 Å². The summed E-state index contributed by atoms with van der Waals surface area (Å²) in [6, 6.07) is 53.3. The van der Waals surface area contributed by atoms with E-state index in [0.717, 1.165) is 61.1 Å². The first-order chi connectivity index (χ1) is 30.3. The SMILES string of the molecule is C1=CCCC(C2=C(c3ccccc3)C(c3ccccc3)=C(c3ccccc3)C(c3cccc(C4=CC(c5nc(-c6ccccc6)nc6c7c(sc56)CCC=C7)CC=C4)c3)C2)=C1. The van der Waals surface area contributed by atoms with Gasteiger partial charge in [0.05, 0.1) is 15.9 Å². The van der Waals surface area contributed by atoms with E-state index in [-0.39, 0.29) is 11.8 Å². The first-order valence-electron chi connectivity index (χ1n) is 21.8. The first-order valence-corrected chi connectivity index (χ1v) is 22.6. The van der Waals surface area contributed by atoms with Crippen LogP contribution in [-0.4, -0.2) is 9.97 Å². The molecule has 0 aliphatic heterocycles. The van der Waals surface area contributed by atoms with Crippen LogP contribution in [0.4, 0.5) is 0 Å². The van der Waals surface area contributed by atoms with Gasteiger partial charge in [-0.15, -0.1) is 11.3 Å². The molecule has 2 atom stereocenters. The zero-order valence-corrected chi connectivity index (χ0v) is 35.0. The molecule has 0 saturated heterocycles. The second-order valence-electron chi connectivity index (χ2n) is 16.5. The van der Waals surface area contributed by atoms with E-state index in [1.54, 1.807) is 0 Å². The summed E-state index contributed by atoms with van der Waals surface area (Å²) in [6.07, 6.45) is 24.8. The molecular formula is C58H46N2S. The average molecular weight is 803 g/mol. The Kier molecular flexibility index (Phi) is 10.0. The van der Waals surface area contributed by atoms with Crippen LogP contribution in [0.25, 0.3) is 50.0 Å². The van der Waals surface area contributed by atoms with Crippen LogP contribution >= 0.6 is 11.3 Å². The topological polar surface area (TPSA) is 25.8 Å². The summed E-state index contributed by atoms with van der Waals surface area (Å²) >= 11 is 1.90. The third kappa shape index (κ3) is 7.13. The van der Waals surface area contributed by atoms with E-state index in [4.69, 9.17) is 9.97 Å². The summed E-state index contributed by atoms with van der Waals surface area (Å²) in [5, 5.41) is 0. The maximum absolute atomic E-state index is 5.40. The van der Waals surface area contributed by atoms with Crippen LogP contribution in [0.1, 0.15) is 87.9 Å². The molecule has 11 rings (SSSR count). The molecule has 0 saturated carbocycles. The van der Waals surface area contributed by atoms with Crippen LogP contribution < -0.4 is 0 Å². The van der Waals surface area contributed by atoms with Gasteiger partial charge in [0.15, 0.2) is 5.82 Å². The van der Waals surface area contributed by atoms with Crippen LogP contribution in [0.2, 0.25) is 0 Å². The summed E-state index contributed by atoms with van der Waals surface area (Å²) in [6.45, 7) is 0. The van der Waals surface area contributed by atoms with Crippen molar-refractivity contribution in [1.82, 2.24) is 9.97 Å². The van der Waals surface area contributed by atoms with Crippen molar-refractivity contribution in [2.45, 2.75) is 50.4 Å². The highest BCUT2D eigenvalue weighted by Crippen LogP contribution is 2.54. The molecule has 5 aromatic carbocycles. The molecule has 0 radical (unpaired) electrons. The molecule has 4 aliphatic rings. The van der Waals surface area contributed by atoms with E-state index >= 15 is 0 Å². The summed E-state index contributed by atoms with van der Waals surface area (Å²) in [7, 11) is 0. The monoisotopic (exact) mass is 802 g/mol. The van der Waals surface area contributed by atoms with Gasteiger partial charge in [-0.25, -0.2) is 9.97 Å². The van der Waals surface area contributed by atoms with Crippen molar-refractivity contribution < 1.29 is 0 Å². The molecule has 3 heteroatoms. The standard InChI is InChI=1S/C58H46N2S/c1-6-20-39(21-7-1)49-38-50(53(41-24-10-3-11-25-41)54(42-26-12-4-13-27-42)52(49)40-22-8-2-9-23-40)46-32-18-30-44(36-46)45-31-19-33-47(37-45)55-57-56(48-34-16-17-35-51(48)61-57)60-58(59-55)43-28-14-5-15-29-43/h1-6,8-16,18-20,22-32,34,36-37,47,50H,7,17,21,33,35,38H2. The number of hydrogen-bond acceptors (Lipinski definition) is 3. The Morgan fingerprint density at radius 3 is 1.97 bits per heavy atom. The number of rotatable bonds is 8. The van der Waals surface area contributed by atoms with Crippen molar-refractivity contribution in [2.75, 3.05) is 0 Å². The number of hydrogen-bond donors (Lipinski definition) is 0. The molecule has 294 valence electrons. The molecule has 61 heavy (non-hydrogen) atoms. The molecule has 0 N–H and O–H groups in total. The lowest BCUT2D eigenvalue weighted by Crippen LogP contribution is -2.16. The average Bonchev–Trinajstić information content (AvgIpc) is 3.73. The van der Waals surface area contributed by atoms with Crippen molar-refractivity contribution in [3.8, 4) is 11.4 Å². The van der Waals surface area contributed by atoms with Crippen LogP contribution in [0.3, 0.4) is 0 Å². The van der Waals surface area contributed by atoms with Gasteiger partial charge in [-0.05, 0) is 99.8 Å². The lowest BCUT2D eigenvalue weighted by Gasteiger charge is -2.35. The minimum absolute atomic E-state index is 0.133. The largest absolute Gasteiger partial charge is 0.231 e. The molecule has 4 aliphatic carbocycles. The summed E-state index contributed by atoms with van der Waals surface area (Å²) in [4.78, 5) is 12.1. The Hall–Kier alpha value is -6.68. The molecule has 7 aromatic rings. The van der Waals surface area contributed by atoms with Crippen LogP contribution in [0.15, 0.2) is 199 Å². The van der Waals surface area contributed by atoms with Gasteiger partial charge in [-0.2, -0.15) is 0 Å². The van der Waals surface area contributed by atoms with Crippen molar-refractivity contribution in [3.05, 3.63) is 243 Å². The van der Waals surface area contributed by atoms with E-state index < -0.39 is 0 Å². The zero-order chi connectivity index (χ0) is 40.5. The van der Waals surface area contributed by atoms with Crippen LogP contribution in [-0.2, 0) is 6.42 Å². The maximum atomic E-state index is 5.40. The van der Waals surface area contributed by atoms with Crippen molar-refractivity contribution in [1.29, 1.82) is 0 Å². The minimum Gasteiger partial charge on any atom is -0.231 e. The number of aryl methyl sites for hydroxylation is 1. The van der Waals surface area contributed by atoms with Gasteiger partial charge >= 0.3 is 0 Å². The number of nitrogens with zero attached hydrogens (tertiary/aromatic N) is 2. The molecule has 0 bridgehead atoms. The van der Waals surface area contributed by atoms with Crippen molar-refractivity contribution >= 4 is 49.9 Å². The van der Waals surface area contributed by atoms with Crippen LogP contribution in [0, 0.1) is 0 Å². The molecular weight excluding hydrogens is 757 g/mol. The number of benzene rings is 5. The zero-order valence-electron chi connectivity index (χ0n) is 34.2. The maximum Gasteiger partial charge on any atom is 0.160 e. The van der Waals surface area contributed by atoms with Crippen molar-refractivity contribution in [2.24, 2.45) is 0 Å². The molecule has 2 aromatic heterocycles. The Labute approximate surface area is 363 Å². The number of fused-ring (bicyclic) bond motifs is 3. The third-order valence-corrected chi connectivity index (χ3v) is 14.0. The Balaban J connectivity index is 1.07. The fourth-order valence-corrected chi connectivity index (χ4v) is 11.2. The van der Waals surface area contributed by atoms with Crippen LogP contribution in [0.5, 0.6) is 0 Å². The Bertz CT molecular complexity index is 2990. The van der Waals surface area contributed by atoms with E-state index in [2.05, 4.69) is 194 Å². The predicted molar refractivity (Wildman–Crippen MR) is 258 cm³/mol. The second kappa shape index (κ2) is 16.4. The van der Waals surface area contributed by atoms with Gasteiger partial charge in [0.1, 0.15) is 0 Å². The first kappa shape index (κ1) is 37.3. The van der Waals surface area contributed by atoms with Gasteiger partial charge < -0.3 is 0 Å². The molecule has 2 nitrogen and oxygen atoms in total. The molecule has 0 fully saturated rings. The molecule has 2 unspecified atom stereocenters. The summed E-state index contributed by atoms with van der Waals surface area (Å²) < 4.78 is 1.23. The lowest BCUT2D eigenvalue weighted by molar-refractivity contribution is 0.820. The predicted octanol–water partition coefficient (Wildman–Crippen LogP) is 15.3. The van der Waals surface area contributed by atoms with E-state index in [1.807, 2.05) is 11.3 Å². The Morgan fingerprint density at radius 1 is 0.574 bits per heavy atom.